The number of hydrogen-bond acceptors (Lipinski definition) is 4. The van der Waals surface area contributed by atoms with Crippen LogP contribution in [0.4, 0.5) is 17.1 Å². The number of aromatic carboxylic acids is 1. The highest BCUT2D eigenvalue weighted by Gasteiger charge is 2.20. The maximum atomic E-state index is 11.3. The zero-order valence-electron chi connectivity index (χ0n) is 13.0. The van der Waals surface area contributed by atoms with Crippen molar-refractivity contribution in [2.24, 2.45) is 0 Å². The molecular formula is C19H14N2O4. The summed E-state index contributed by atoms with van der Waals surface area (Å²) in [7, 11) is 0. The van der Waals surface area contributed by atoms with E-state index in [0.29, 0.717) is 5.69 Å². The minimum absolute atomic E-state index is 0.354. The number of carboxylic acids is 1. The average molecular weight is 334 g/mol. The lowest BCUT2D eigenvalue weighted by Crippen LogP contribution is -2.04. The molecule has 0 aliphatic rings. The van der Waals surface area contributed by atoms with Gasteiger partial charge in [-0.3, -0.25) is 10.1 Å². The first-order chi connectivity index (χ1) is 12.1. The van der Waals surface area contributed by atoms with Gasteiger partial charge in [-0.15, -0.1) is 0 Å². The van der Waals surface area contributed by atoms with Gasteiger partial charge in [0.25, 0.3) is 5.69 Å². The van der Waals surface area contributed by atoms with Crippen LogP contribution in [0.2, 0.25) is 0 Å². The van der Waals surface area contributed by atoms with E-state index in [-0.39, 0.29) is 5.56 Å². The van der Waals surface area contributed by atoms with Gasteiger partial charge in [-0.05, 0) is 23.8 Å². The molecule has 0 heterocycles. The quantitative estimate of drug-likeness (QED) is 0.521. The van der Waals surface area contributed by atoms with Crippen LogP contribution in [0.1, 0.15) is 10.4 Å². The molecule has 0 amide bonds. The minimum atomic E-state index is -1.34. The molecule has 0 radical (unpaired) electrons. The first-order valence-electron chi connectivity index (χ1n) is 7.49. The molecule has 0 spiro atoms. The van der Waals surface area contributed by atoms with E-state index >= 15 is 0 Å². The minimum Gasteiger partial charge on any atom is -0.477 e. The maximum absolute atomic E-state index is 11.3. The van der Waals surface area contributed by atoms with E-state index in [9.17, 15) is 20.0 Å². The summed E-state index contributed by atoms with van der Waals surface area (Å²) in [5.74, 6) is -1.34. The summed E-state index contributed by atoms with van der Waals surface area (Å²) in [6.45, 7) is 0. The molecule has 3 aromatic carbocycles. The number of anilines is 2. The molecule has 0 saturated carbocycles. The predicted octanol–water partition coefficient (Wildman–Crippen LogP) is 4.70. The van der Waals surface area contributed by atoms with Gasteiger partial charge >= 0.3 is 5.97 Å². The highest BCUT2D eigenvalue weighted by Crippen LogP contribution is 2.31. The zero-order chi connectivity index (χ0) is 17.8. The van der Waals surface area contributed by atoms with E-state index in [1.807, 2.05) is 54.6 Å². The number of nitro benzene ring substituents is 1. The number of rotatable bonds is 5. The summed E-state index contributed by atoms with van der Waals surface area (Å²) >= 11 is 0. The lowest BCUT2D eigenvalue weighted by Gasteiger charge is -2.13. The fourth-order valence-electron chi connectivity index (χ4n) is 2.56. The molecule has 6 heteroatoms. The Kier molecular flexibility index (Phi) is 4.43. The predicted molar refractivity (Wildman–Crippen MR) is 95.2 cm³/mol. The Morgan fingerprint density at radius 2 is 1.64 bits per heavy atom. The monoisotopic (exact) mass is 334 g/mol. The van der Waals surface area contributed by atoms with Crippen molar-refractivity contribution in [2.45, 2.75) is 0 Å². The number of carboxylic acid groups (broad SMARTS) is 1. The van der Waals surface area contributed by atoms with Gasteiger partial charge in [-0.1, -0.05) is 48.5 Å². The Labute approximate surface area is 143 Å². The summed E-state index contributed by atoms with van der Waals surface area (Å²) in [5, 5.41) is 23.3. The van der Waals surface area contributed by atoms with Crippen LogP contribution in [0.15, 0.2) is 72.8 Å². The van der Waals surface area contributed by atoms with Gasteiger partial charge in [0.05, 0.1) is 4.92 Å². The second kappa shape index (κ2) is 6.84. The van der Waals surface area contributed by atoms with Gasteiger partial charge in [-0.25, -0.2) is 4.79 Å². The maximum Gasteiger partial charge on any atom is 0.342 e. The van der Waals surface area contributed by atoms with Gasteiger partial charge in [0.2, 0.25) is 0 Å². The van der Waals surface area contributed by atoms with Gasteiger partial charge < -0.3 is 10.4 Å². The lowest BCUT2D eigenvalue weighted by atomic mass is 10.0. The molecule has 0 atom stereocenters. The summed E-state index contributed by atoms with van der Waals surface area (Å²) in [6.07, 6.45) is 0. The third kappa shape index (κ3) is 3.48. The first kappa shape index (κ1) is 16.2. The molecule has 2 N–H and O–H groups in total. The van der Waals surface area contributed by atoms with Crippen LogP contribution in [0, 0.1) is 10.1 Å². The molecule has 0 aromatic heterocycles. The van der Waals surface area contributed by atoms with Crippen molar-refractivity contribution < 1.29 is 14.8 Å². The normalized spacial score (nSPS) is 10.2. The van der Waals surface area contributed by atoms with Gasteiger partial charge in [0, 0.05) is 23.0 Å². The van der Waals surface area contributed by atoms with E-state index in [2.05, 4.69) is 5.32 Å². The smallest absolute Gasteiger partial charge is 0.342 e. The van der Waals surface area contributed by atoms with Crippen molar-refractivity contribution in [3.05, 3.63) is 88.5 Å². The Bertz CT molecular complexity index is 939. The highest BCUT2D eigenvalue weighted by molar-refractivity contribution is 5.94. The van der Waals surface area contributed by atoms with Crippen molar-refractivity contribution >= 4 is 23.0 Å². The van der Waals surface area contributed by atoms with Crippen LogP contribution in [-0.4, -0.2) is 16.0 Å². The number of nitrogens with zero attached hydrogens (tertiary/aromatic N) is 1. The van der Waals surface area contributed by atoms with Gasteiger partial charge in [0.15, 0.2) is 0 Å². The van der Waals surface area contributed by atoms with E-state index in [1.54, 1.807) is 0 Å². The number of benzene rings is 3. The molecule has 0 fully saturated rings. The van der Waals surface area contributed by atoms with Crippen LogP contribution in [0.3, 0.4) is 0 Å². The first-order valence-corrected chi connectivity index (χ1v) is 7.49. The second-order valence-corrected chi connectivity index (χ2v) is 5.33. The van der Waals surface area contributed by atoms with Crippen LogP contribution in [0.25, 0.3) is 11.1 Å². The zero-order valence-corrected chi connectivity index (χ0v) is 13.0. The Balaban J connectivity index is 2.00. The van der Waals surface area contributed by atoms with Crippen LogP contribution in [0.5, 0.6) is 0 Å². The molecule has 3 aromatic rings. The number of para-hydroxylation sites is 1. The summed E-state index contributed by atoms with van der Waals surface area (Å²) in [4.78, 5) is 21.5. The third-order valence-corrected chi connectivity index (χ3v) is 3.71. The Morgan fingerprint density at radius 1 is 0.960 bits per heavy atom. The lowest BCUT2D eigenvalue weighted by molar-refractivity contribution is -0.385. The molecular weight excluding hydrogens is 320 g/mol. The van der Waals surface area contributed by atoms with Crippen molar-refractivity contribution in [1.82, 2.24) is 0 Å². The molecule has 0 bridgehead atoms. The van der Waals surface area contributed by atoms with E-state index < -0.39 is 16.6 Å². The topological polar surface area (TPSA) is 92.5 Å². The Hall–Kier alpha value is -3.67. The second-order valence-electron chi connectivity index (χ2n) is 5.33. The van der Waals surface area contributed by atoms with Crippen LogP contribution >= 0.6 is 0 Å². The SMILES string of the molecule is O=C(O)c1cc(Nc2ccccc2-c2ccccc2)ccc1[N+](=O)[O-]. The third-order valence-electron chi connectivity index (χ3n) is 3.71. The average Bonchev–Trinajstić information content (AvgIpc) is 2.62. The van der Waals surface area contributed by atoms with Crippen molar-refractivity contribution in [2.75, 3.05) is 5.32 Å². The highest BCUT2D eigenvalue weighted by atomic mass is 16.6. The Morgan fingerprint density at radius 3 is 2.32 bits per heavy atom. The van der Waals surface area contributed by atoms with Crippen molar-refractivity contribution in [1.29, 1.82) is 0 Å². The largest absolute Gasteiger partial charge is 0.477 e. The fraction of sp³-hybridized carbons (Fsp3) is 0. The molecule has 0 saturated heterocycles. The standard InChI is InChI=1S/C19H14N2O4/c22-19(23)16-12-14(10-11-18(16)21(24)25)20-17-9-5-4-8-15(17)13-6-2-1-3-7-13/h1-12,20H,(H,22,23). The molecule has 0 aliphatic carbocycles. The molecule has 0 unspecified atom stereocenters. The molecule has 25 heavy (non-hydrogen) atoms. The molecule has 0 aliphatic heterocycles. The molecule has 3 rings (SSSR count). The summed E-state index contributed by atoms with van der Waals surface area (Å²) in [5.41, 5.74) is 2.40. The number of nitrogens with one attached hydrogen (secondary N) is 1. The van der Waals surface area contributed by atoms with E-state index in [0.717, 1.165) is 16.8 Å². The number of carbonyl (C=O) groups is 1. The van der Waals surface area contributed by atoms with E-state index in [4.69, 9.17) is 0 Å². The van der Waals surface area contributed by atoms with Gasteiger partial charge in [-0.2, -0.15) is 0 Å². The van der Waals surface area contributed by atoms with Gasteiger partial charge in [0.1, 0.15) is 5.56 Å². The molecule has 6 nitrogen and oxygen atoms in total. The summed E-state index contributed by atoms with van der Waals surface area (Å²) in [6, 6.07) is 21.3. The van der Waals surface area contributed by atoms with Crippen LogP contribution < -0.4 is 5.32 Å². The van der Waals surface area contributed by atoms with Crippen LogP contribution in [-0.2, 0) is 0 Å². The fourth-order valence-corrected chi connectivity index (χ4v) is 2.56. The number of hydrogen-bond donors (Lipinski definition) is 2. The summed E-state index contributed by atoms with van der Waals surface area (Å²) < 4.78 is 0. The van der Waals surface area contributed by atoms with E-state index in [1.165, 1.54) is 18.2 Å². The van der Waals surface area contributed by atoms with Crippen molar-refractivity contribution in [3.8, 4) is 11.1 Å². The molecule has 124 valence electrons. The number of nitro groups is 1. The van der Waals surface area contributed by atoms with Crippen molar-refractivity contribution in [3.63, 3.8) is 0 Å².